The van der Waals surface area contributed by atoms with Gasteiger partial charge in [0.2, 0.25) is 5.91 Å². The Morgan fingerprint density at radius 3 is 2.33 bits per heavy atom. The summed E-state index contributed by atoms with van der Waals surface area (Å²) in [4.78, 5) is 11.8. The molecule has 0 aliphatic heterocycles. The highest BCUT2D eigenvalue weighted by molar-refractivity contribution is 7.99. The first kappa shape index (κ1) is 15.6. The highest BCUT2D eigenvalue weighted by Crippen LogP contribution is 2.18. The van der Waals surface area contributed by atoms with Crippen molar-refractivity contribution in [1.29, 1.82) is 0 Å². The van der Waals surface area contributed by atoms with Gasteiger partial charge in [-0.15, -0.1) is 11.8 Å². The summed E-state index contributed by atoms with van der Waals surface area (Å²) in [5, 5.41) is 2.89. The van der Waals surface area contributed by atoms with Crippen LogP contribution in [-0.4, -0.2) is 11.7 Å². The quantitative estimate of drug-likeness (QED) is 0.839. The van der Waals surface area contributed by atoms with Crippen LogP contribution in [0.3, 0.4) is 0 Å². The first-order valence-electron chi connectivity index (χ1n) is 7.16. The van der Waals surface area contributed by atoms with Crippen LogP contribution in [0.25, 0.3) is 0 Å². The maximum atomic E-state index is 11.8. The van der Waals surface area contributed by atoms with Gasteiger partial charge in [-0.05, 0) is 29.2 Å². The van der Waals surface area contributed by atoms with Crippen molar-refractivity contribution in [2.45, 2.75) is 25.5 Å². The number of hydrogen-bond acceptors (Lipinski definition) is 2. The average molecular weight is 299 g/mol. The maximum Gasteiger partial charge on any atom is 0.234 e. The molecule has 0 fully saturated rings. The van der Waals surface area contributed by atoms with E-state index >= 15 is 0 Å². The number of anilines is 1. The van der Waals surface area contributed by atoms with Gasteiger partial charge in [0, 0.05) is 11.4 Å². The van der Waals surface area contributed by atoms with E-state index in [0.29, 0.717) is 11.7 Å². The third-order valence-corrected chi connectivity index (χ3v) is 4.21. The molecule has 0 aliphatic carbocycles. The van der Waals surface area contributed by atoms with Gasteiger partial charge in [-0.2, -0.15) is 0 Å². The second kappa shape index (κ2) is 7.89. The molecule has 2 nitrogen and oxygen atoms in total. The van der Waals surface area contributed by atoms with Gasteiger partial charge >= 0.3 is 0 Å². The molecule has 0 aliphatic rings. The topological polar surface area (TPSA) is 29.1 Å². The van der Waals surface area contributed by atoms with Gasteiger partial charge < -0.3 is 5.32 Å². The van der Waals surface area contributed by atoms with Crippen LogP contribution < -0.4 is 5.32 Å². The standard InChI is InChI=1S/C18H21NOS/c1-14(2)16-10-8-15(9-11-16)12-21-13-18(20)19-17-6-4-3-5-7-17/h3-11,14H,12-13H2,1-2H3,(H,19,20). The number of para-hydroxylation sites is 1. The van der Waals surface area contributed by atoms with Gasteiger partial charge in [0.25, 0.3) is 0 Å². The Hall–Kier alpha value is -1.74. The second-order valence-corrected chi connectivity index (χ2v) is 6.29. The average Bonchev–Trinajstić information content (AvgIpc) is 2.49. The molecule has 3 heteroatoms. The Kier molecular flexibility index (Phi) is 5.88. The summed E-state index contributed by atoms with van der Waals surface area (Å²) < 4.78 is 0. The predicted molar refractivity (Wildman–Crippen MR) is 91.8 cm³/mol. The molecular weight excluding hydrogens is 278 g/mol. The van der Waals surface area contributed by atoms with E-state index < -0.39 is 0 Å². The molecule has 1 N–H and O–H groups in total. The second-order valence-electron chi connectivity index (χ2n) is 5.30. The van der Waals surface area contributed by atoms with E-state index in [1.807, 2.05) is 30.3 Å². The fourth-order valence-corrected chi connectivity index (χ4v) is 2.77. The van der Waals surface area contributed by atoms with Crippen LogP contribution in [0.4, 0.5) is 5.69 Å². The van der Waals surface area contributed by atoms with Crippen LogP contribution in [0.5, 0.6) is 0 Å². The largest absolute Gasteiger partial charge is 0.325 e. The molecule has 2 aromatic rings. The van der Waals surface area contributed by atoms with Crippen LogP contribution in [0.2, 0.25) is 0 Å². The normalized spacial score (nSPS) is 10.6. The number of carbonyl (C=O) groups excluding carboxylic acids is 1. The summed E-state index contributed by atoms with van der Waals surface area (Å²) in [5.41, 5.74) is 3.46. The zero-order chi connectivity index (χ0) is 15.1. The van der Waals surface area contributed by atoms with Crippen molar-refractivity contribution in [2.75, 3.05) is 11.1 Å². The Balaban J connectivity index is 1.75. The molecule has 21 heavy (non-hydrogen) atoms. The molecule has 0 saturated heterocycles. The van der Waals surface area contributed by atoms with Gasteiger partial charge in [-0.3, -0.25) is 4.79 Å². The predicted octanol–water partition coefficient (Wildman–Crippen LogP) is 4.68. The molecule has 2 rings (SSSR count). The molecule has 0 radical (unpaired) electrons. The van der Waals surface area contributed by atoms with E-state index in [1.165, 1.54) is 11.1 Å². The Bertz CT molecular complexity index is 564. The molecule has 0 unspecified atom stereocenters. The number of carbonyl (C=O) groups is 1. The summed E-state index contributed by atoms with van der Waals surface area (Å²) >= 11 is 1.64. The molecule has 0 saturated carbocycles. The molecule has 0 spiro atoms. The minimum Gasteiger partial charge on any atom is -0.325 e. The Morgan fingerprint density at radius 1 is 1.05 bits per heavy atom. The molecule has 110 valence electrons. The Labute approximate surface area is 131 Å². The van der Waals surface area contributed by atoms with Crippen LogP contribution in [0.1, 0.15) is 30.9 Å². The fourth-order valence-electron chi connectivity index (χ4n) is 1.98. The third-order valence-electron chi connectivity index (χ3n) is 3.21. The lowest BCUT2D eigenvalue weighted by atomic mass is 10.0. The van der Waals surface area contributed by atoms with Crippen molar-refractivity contribution in [1.82, 2.24) is 0 Å². The summed E-state index contributed by atoms with van der Waals surface area (Å²) in [6.07, 6.45) is 0. The summed E-state index contributed by atoms with van der Waals surface area (Å²) in [6.45, 7) is 4.38. The highest BCUT2D eigenvalue weighted by Gasteiger charge is 2.03. The van der Waals surface area contributed by atoms with Crippen molar-refractivity contribution in [3.63, 3.8) is 0 Å². The van der Waals surface area contributed by atoms with Crippen LogP contribution >= 0.6 is 11.8 Å². The summed E-state index contributed by atoms with van der Waals surface area (Å²) in [7, 11) is 0. The number of amides is 1. The lowest BCUT2D eigenvalue weighted by Gasteiger charge is -2.07. The van der Waals surface area contributed by atoms with Crippen molar-refractivity contribution in [2.24, 2.45) is 0 Å². The molecule has 0 heterocycles. The molecule has 1 amide bonds. The number of nitrogens with one attached hydrogen (secondary N) is 1. The summed E-state index contributed by atoms with van der Waals surface area (Å²) in [5.74, 6) is 1.94. The van der Waals surface area contributed by atoms with E-state index in [4.69, 9.17) is 0 Å². The zero-order valence-corrected chi connectivity index (χ0v) is 13.3. The van der Waals surface area contributed by atoms with Crippen molar-refractivity contribution < 1.29 is 4.79 Å². The van der Waals surface area contributed by atoms with Crippen molar-refractivity contribution in [3.05, 3.63) is 65.7 Å². The highest BCUT2D eigenvalue weighted by atomic mass is 32.2. The van der Waals surface area contributed by atoms with E-state index in [-0.39, 0.29) is 5.91 Å². The number of thioether (sulfide) groups is 1. The van der Waals surface area contributed by atoms with Crippen molar-refractivity contribution in [3.8, 4) is 0 Å². The van der Waals surface area contributed by atoms with E-state index in [0.717, 1.165) is 11.4 Å². The van der Waals surface area contributed by atoms with Gasteiger partial charge in [0.1, 0.15) is 0 Å². The third kappa shape index (κ3) is 5.27. The maximum absolute atomic E-state index is 11.8. The SMILES string of the molecule is CC(C)c1ccc(CSCC(=O)Nc2ccccc2)cc1. The van der Waals surface area contributed by atoms with Gasteiger partial charge in [-0.25, -0.2) is 0 Å². The van der Waals surface area contributed by atoms with Gasteiger partial charge in [0.15, 0.2) is 0 Å². The van der Waals surface area contributed by atoms with Gasteiger partial charge in [-0.1, -0.05) is 56.3 Å². The first-order chi connectivity index (χ1) is 10.1. The lowest BCUT2D eigenvalue weighted by Crippen LogP contribution is -2.13. The molecular formula is C18H21NOS. The minimum atomic E-state index is 0.0463. The summed E-state index contributed by atoms with van der Waals surface area (Å²) in [6, 6.07) is 18.2. The molecule has 0 bridgehead atoms. The number of rotatable bonds is 6. The molecule has 0 atom stereocenters. The van der Waals surface area contributed by atoms with Crippen LogP contribution in [-0.2, 0) is 10.5 Å². The minimum absolute atomic E-state index is 0.0463. The fraction of sp³-hybridized carbons (Fsp3) is 0.278. The van der Waals surface area contributed by atoms with Crippen LogP contribution in [0, 0.1) is 0 Å². The van der Waals surface area contributed by atoms with Gasteiger partial charge in [0.05, 0.1) is 5.75 Å². The van der Waals surface area contributed by atoms with E-state index in [1.54, 1.807) is 11.8 Å². The van der Waals surface area contributed by atoms with Crippen molar-refractivity contribution >= 4 is 23.4 Å². The Morgan fingerprint density at radius 2 is 1.71 bits per heavy atom. The monoisotopic (exact) mass is 299 g/mol. The molecule has 0 aromatic heterocycles. The first-order valence-corrected chi connectivity index (χ1v) is 8.32. The number of benzene rings is 2. The smallest absolute Gasteiger partial charge is 0.234 e. The van der Waals surface area contributed by atoms with E-state index in [2.05, 4.69) is 43.4 Å². The van der Waals surface area contributed by atoms with E-state index in [9.17, 15) is 4.79 Å². The lowest BCUT2D eigenvalue weighted by molar-refractivity contribution is -0.113. The zero-order valence-electron chi connectivity index (χ0n) is 12.5. The number of hydrogen-bond donors (Lipinski definition) is 1. The van der Waals surface area contributed by atoms with Crippen LogP contribution in [0.15, 0.2) is 54.6 Å². The molecule has 2 aromatic carbocycles.